The van der Waals surface area contributed by atoms with Gasteiger partial charge in [0.1, 0.15) is 17.3 Å². The number of hydrogen-bond acceptors (Lipinski definition) is 3. The van der Waals surface area contributed by atoms with Crippen molar-refractivity contribution in [3.8, 4) is 17.1 Å². The van der Waals surface area contributed by atoms with E-state index in [-0.39, 0.29) is 6.04 Å². The fourth-order valence-electron chi connectivity index (χ4n) is 2.05. The molecule has 4 heteroatoms. The molecule has 1 atom stereocenters. The fraction of sp³-hybridized carbons (Fsp3) is 0.333. The molecule has 1 N–H and O–H groups in total. The van der Waals surface area contributed by atoms with Crippen molar-refractivity contribution in [2.75, 3.05) is 14.2 Å². The van der Waals surface area contributed by atoms with Gasteiger partial charge in [0.05, 0.1) is 13.2 Å². The SMILES string of the molecule is CCC(NC)c1ccc(-c2cc(OC)ccc2Br)o1. The molecule has 0 fully saturated rings. The molecule has 1 aromatic carbocycles. The van der Waals surface area contributed by atoms with E-state index in [1.54, 1.807) is 7.11 Å². The minimum atomic E-state index is 0.248. The summed E-state index contributed by atoms with van der Waals surface area (Å²) in [5.41, 5.74) is 0.997. The maximum absolute atomic E-state index is 5.95. The van der Waals surface area contributed by atoms with Gasteiger partial charge in [0.2, 0.25) is 0 Å². The van der Waals surface area contributed by atoms with Gasteiger partial charge in [-0.05, 0) is 43.8 Å². The molecule has 19 heavy (non-hydrogen) atoms. The Morgan fingerprint density at radius 1 is 1.32 bits per heavy atom. The number of hydrogen-bond donors (Lipinski definition) is 1. The number of furan rings is 1. The van der Waals surface area contributed by atoms with E-state index in [9.17, 15) is 0 Å². The van der Waals surface area contributed by atoms with Gasteiger partial charge in [0.15, 0.2) is 0 Å². The third-order valence-corrected chi connectivity index (χ3v) is 3.86. The Balaban J connectivity index is 2.37. The highest BCUT2D eigenvalue weighted by Crippen LogP contribution is 2.34. The van der Waals surface area contributed by atoms with Crippen LogP contribution >= 0.6 is 15.9 Å². The maximum Gasteiger partial charge on any atom is 0.135 e. The highest BCUT2D eigenvalue weighted by molar-refractivity contribution is 9.10. The first-order valence-electron chi connectivity index (χ1n) is 6.30. The largest absolute Gasteiger partial charge is 0.497 e. The minimum Gasteiger partial charge on any atom is -0.497 e. The summed E-state index contributed by atoms with van der Waals surface area (Å²) in [5, 5.41) is 3.24. The second-order valence-electron chi connectivity index (χ2n) is 4.30. The summed E-state index contributed by atoms with van der Waals surface area (Å²) in [5.74, 6) is 2.61. The number of ether oxygens (including phenoxy) is 1. The van der Waals surface area contributed by atoms with E-state index >= 15 is 0 Å². The molecule has 0 aliphatic rings. The zero-order chi connectivity index (χ0) is 13.8. The van der Waals surface area contributed by atoms with Gasteiger partial charge in [0, 0.05) is 10.0 Å². The van der Waals surface area contributed by atoms with Gasteiger partial charge < -0.3 is 14.5 Å². The van der Waals surface area contributed by atoms with Gasteiger partial charge >= 0.3 is 0 Å². The smallest absolute Gasteiger partial charge is 0.135 e. The average Bonchev–Trinajstić information content (AvgIpc) is 2.90. The molecule has 0 saturated carbocycles. The van der Waals surface area contributed by atoms with Crippen molar-refractivity contribution in [1.29, 1.82) is 0 Å². The summed E-state index contributed by atoms with van der Waals surface area (Å²) in [6.45, 7) is 2.13. The van der Waals surface area contributed by atoms with Crippen LogP contribution in [-0.4, -0.2) is 14.2 Å². The van der Waals surface area contributed by atoms with Crippen LogP contribution in [0.5, 0.6) is 5.75 Å². The predicted molar refractivity (Wildman–Crippen MR) is 80.5 cm³/mol. The van der Waals surface area contributed by atoms with Gasteiger partial charge in [-0.3, -0.25) is 0 Å². The van der Waals surface area contributed by atoms with E-state index in [0.29, 0.717) is 0 Å². The topological polar surface area (TPSA) is 34.4 Å². The summed E-state index contributed by atoms with van der Waals surface area (Å²) in [6.07, 6.45) is 0.989. The Morgan fingerprint density at radius 3 is 2.74 bits per heavy atom. The standard InChI is InChI=1S/C15H18BrNO2/c1-4-13(17-2)15-8-7-14(19-15)11-9-10(18-3)5-6-12(11)16/h5-9,13,17H,4H2,1-3H3. The fourth-order valence-corrected chi connectivity index (χ4v) is 2.49. The van der Waals surface area contributed by atoms with Crippen LogP contribution in [0.15, 0.2) is 39.2 Å². The lowest BCUT2D eigenvalue weighted by atomic mass is 10.1. The lowest BCUT2D eigenvalue weighted by Crippen LogP contribution is -2.14. The normalized spacial score (nSPS) is 12.4. The Kier molecular flexibility index (Phi) is 4.66. The lowest BCUT2D eigenvalue weighted by molar-refractivity contribution is 0.414. The van der Waals surface area contributed by atoms with Crippen molar-refractivity contribution in [3.63, 3.8) is 0 Å². The molecule has 0 bridgehead atoms. The second kappa shape index (κ2) is 6.26. The molecular formula is C15H18BrNO2. The molecule has 102 valence electrons. The highest BCUT2D eigenvalue weighted by Gasteiger charge is 2.14. The molecule has 3 nitrogen and oxygen atoms in total. The summed E-state index contributed by atoms with van der Waals surface area (Å²) >= 11 is 3.55. The molecule has 2 rings (SSSR count). The van der Waals surface area contributed by atoms with Gasteiger partial charge in [0.25, 0.3) is 0 Å². The molecule has 0 radical (unpaired) electrons. The van der Waals surface area contributed by atoms with Crippen LogP contribution < -0.4 is 10.1 Å². The number of nitrogens with one attached hydrogen (secondary N) is 1. The number of rotatable bonds is 5. The summed E-state index contributed by atoms with van der Waals surface area (Å²) in [7, 11) is 3.60. The maximum atomic E-state index is 5.95. The van der Waals surface area contributed by atoms with Crippen molar-refractivity contribution < 1.29 is 9.15 Å². The third kappa shape index (κ3) is 3.01. The summed E-state index contributed by atoms with van der Waals surface area (Å²) < 4.78 is 12.2. The predicted octanol–water partition coefficient (Wildman–Crippen LogP) is 4.39. The molecule has 1 aromatic heterocycles. The van der Waals surface area contributed by atoms with Crippen LogP contribution in [0, 0.1) is 0 Å². The van der Waals surface area contributed by atoms with Crippen LogP contribution in [0.4, 0.5) is 0 Å². The van der Waals surface area contributed by atoms with Gasteiger partial charge in [-0.1, -0.05) is 22.9 Å². The molecule has 0 amide bonds. The van der Waals surface area contributed by atoms with Gasteiger partial charge in [-0.25, -0.2) is 0 Å². The van der Waals surface area contributed by atoms with Crippen molar-refractivity contribution in [2.24, 2.45) is 0 Å². The molecular weight excluding hydrogens is 306 g/mol. The first kappa shape index (κ1) is 14.2. The Morgan fingerprint density at radius 2 is 2.11 bits per heavy atom. The summed E-state index contributed by atoms with van der Waals surface area (Å²) in [6, 6.07) is 10.1. The number of benzene rings is 1. The molecule has 0 spiro atoms. The van der Waals surface area contributed by atoms with E-state index < -0.39 is 0 Å². The molecule has 0 aliphatic carbocycles. The van der Waals surface area contributed by atoms with Crippen LogP contribution in [0.1, 0.15) is 25.1 Å². The highest BCUT2D eigenvalue weighted by atomic mass is 79.9. The second-order valence-corrected chi connectivity index (χ2v) is 5.15. The Labute approximate surface area is 122 Å². The third-order valence-electron chi connectivity index (χ3n) is 3.17. The van der Waals surface area contributed by atoms with E-state index in [1.807, 2.05) is 37.4 Å². The number of methoxy groups -OCH3 is 1. The van der Waals surface area contributed by atoms with E-state index in [4.69, 9.17) is 9.15 Å². The van der Waals surface area contributed by atoms with E-state index in [0.717, 1.165) is 33.7 Å². The Hall–Kier alpha value is -1.26. The summed E-state index contributed by atoms with van der Waals surface area (Å²) in [4.78, 5) is 0. The molecule has 1 unspecified atom stereocenters. The zero-order valence-electron chi connectivity index (χ0n) is 11.4. The van der Waals surface area contributed by atoms with Crippen molar-refractivity contribution in [2.45, 2.75) is 19.4 Å². The molecule has 1 heterocycles. The molecule has 0 aliphatic heterocycles. The number of halogens is 1. The van der Waals surface area contributed by atoms with Crippen LogP contribution in [-0.2, 0) is 0 Å². The van der Waals surface area contributed by atoms with E-state index in [2.05, 4.69) is 28.2 Å². The first-order valence-corrected chi connectivity index (χ1v) is 7.09. The van der Waals surface area contributed by atoms with Crippen LogP contribution in [0.2, 0.25) is 0 Å². The van der Waals surface area contributed by atoms with Crippen molar-refractivity contribution >= 4 is 15.9 Å². The molecule has 0 saturated heterocycles. The van der Waals surface area contributed by atoms with E-state index in [1.165, 1.54) is 0 Å². The molecule has 2 aromatic rings. The average molecular weight is 324 g/mol. The zero-order valence-corrected chi connectivity index (χ0v) is 13.0. The van der Waals surface area contributed by atoms with Gasteiger partial charge in [-0.15, -0.1) is 0 Å². The van der Waals surface area contributed by atoms with Crippen LogP contribution in [0.25, 0.3) is 11.3 Å². The van der Waals surface area contributed by atoms with Crippen LogP contribution in [0.3, 0.4) is 0 Å². The monoisotopic (exact) mass is 323 g/mol. The first-order chi connectivity index (χ1) is 9.19. The van der Waals surface area contributed by atoms with Crippen molar-refractivity contribution in [3.05, 3.63) is 40.6 Å². The van der Waals surface area contributed by atoms with Gasteiger partial charge in [-0.2, -0.15) is 0 Å². The quantitative estimate of drug-likeness (QED) is 0.886. The lowest BCUT2D eigenvalue weighted by Gasteiger charge is -2.10. The Bertz CT molecular complexity index is 547. The minimum absolute atomic E-state index is 0.248. The van der Waals surface area contributed by atoms with Crippen molar-refractivity contribution in [1.82, 2.24) is 5.32 Å².